The number of nitrogens with one attached hydrogen (secondary N) is 1. The molecule has 1 heterocycles. The molecule has 1 aromatic heterocycles. The Morgan fingerprint density at radius 1 is 1.00 bits per heavy atom. The summed E-state index contributed by atoms with van der Waals surface area (Å²) in [7, 11) is 0. The molecule has 60 valence electrons. The Kier molecular flexibility index (Phi) is 2.82. The van der Waals surface area contributed by atoms with E-state index in [0.717, 1.165) is 0 Å². The molecule has 1 N–H and O–H groups in total. The SMILES string of the molecule is O=C=O.c1ccc2c[nH]cc2c1. The number of benzene rings is 1. The molecule has 0 unspecified atom stereocenters. The third-order valence-electron chi connectivity index (χ3n) is 1.47. The van der Waals surface area contributed by atoms with Crippen LogP contribution in [0.25, 0.3) is 10.8 Å². The molecule has 0 saturated carbocycles. The lowest BCUT2D eigenvalue weighted by Gasteiger charge is -1.81. The van der Waals surface area contributed by atoms with Gasteiger partial charge in [0.25, 0.3) is 0 Å². The van der Waals surface area contributed by atoms with E-state index < -0.39 is 0 Å². The van der Waals surface area contributed by atoms with E-state index in [2.05, 4.69) is 17.1 Å². The van der Waals surface area contributed by atoms with Gasteiger partial charge in [-0.2, -0.15) is 9.59 Å². The quantitative estimate of drug-likeness (QED) is 0.637. The molecular weight excluding hydrogens is 154 g/mol. The lowest BCUT2D eigenvalue weighted by molar-refractivity contribution is -0.191. The van der Waals surface area contributed by atoms with E-state index in [1.54, 1.807) is 0 Å². The minimum Gasteiger partial charge on any atom is -0.366 e. The minimum atomic E-state index is 0.250. The highest BCUT2D eigenvalue weighted by Crippen LogP contribution is 2.10. The van der Waals surface area contributed by atoms with E-state index in [0.29, 0.717) is 0 Å². The first-order chi connectivity index (χ1) is 5.88. The standard InChI is InChI=1S/C8H7N.CO2/c1-2-4-8-6-9-5-7(8)3-1;2-1-3/h1-6,9H;. The normalized spacial score (nSPS) is 8.33. The Balaban J connectivity index is 0.000000213. The smallest absolute Gasteiger partial charge is 0.366 e. The number of hydrogen-bond donors (Lipinski definition) is 1. The number of hydrogen-bond acceptors (Lipinski definition) is 2. The van der Waals surface area contributed by atoms with Crippen molar-refractivity contribution < 1.29 is 9.59 Å². The lowest BCUT2D eigenvalue weighted by atomic mass is 10.2. The zero-order valence-corrected chi connectivity index (χ0v) is 6.28. The van der Waals surface area contributed by atoms with Gasteiger partial charge in [0, 0.05) is 12.4 Å². The van der Waals surface area contributed by atoms with Crippen LogP contribution in [0.1, 0.15) is 0 Å². The van der Waals surface area contributed by atoms with Gasteiger partial charge in [0.1, 0.15) is 0 Å². The van der Waals surface area contributed by atoms with E-state index in [1.165, 1.54) is 10.8 Å². The molecule has 1 aromatic carbocycles. The fraction of sp³-hybridized carbons (Fsp3) is 0. The summed E-state index contributed by atoms with van der Waals surface area (Å²) in [6.45, 7) is 0. The Bertz CT molecular complexity index is 356. The van der Waals surface area contributed by atoms with Gasteiger partial charge in [-0.15, -0.1) is 0 Å². The fourth-order valence-corrected chi connectivity index (χ4v) is 0.995. The van der Waals surface area contributed by atoms with Gasteiger partial charge < -0.3 is 4.98 Å². The highest BCUT2D eigenvalue weighted by atomic mass is 16.2. The number of aromatic nitrogens is 1. The summed E-state index contributed by atoms with van der Waals surface area (Å²) < 4.78 is 0. The first kappa shape index (κ1) is 8.24. The van der Waals surface area contributed by atoms with Crippen molar-refractivity contribution in [1.29, 1.82) is 0 Å². The van der Waals surface area contributed by atoms with Crippen molar-refractivity contribution in [3.8, 4) is 0 Å². The van der Waals surface area contributed by atoms with Crippen LogP contribution in [-0.4, -0.2) is 11.1 Å². The van der Waals surface area contributed by atoms with Crippen LogP contribution in [0.15, 0.2) is 36.7 Å². The summed E-state index contributed by atoms with van der Waals surface area (Å²) in [4.78, 5) is 19.3. The van der Waals surface area contributed by atoms with Crippen molar-refractivity contribution in [2.75, 3.05) is 0 Å². The largest absolute Gasteiger partial charge is 0.373 e. The van der Waals surface area contributed by atoms with Crippen LogP contribution in [0, 0.1) is 0 Å². The molecule has 0 aliphatic rings. The van der Waals surface area contributed by atoms with Gasteiger partial charge in [-0.05, 0) is 10.8 Å². The molecule has 12 heavy (non-hydrogen) atoms. The van der Waals surface area contributed by atoms with Gasteiger partial charge >= 0.3 is 6.15 Å². The van der Waals surface area contributed by atoms with Crippen LogP contribution < -0.4 is 0 Å². The van der Waals surface area contributed by atoms with Crippen LogP contribution >= 0.6 is 0 Å². The third kappa shape index (κ3) is 1.81. The monoisotopic (exact) mass is 161 g/mol. The van der Waals surface area contributed by atoms with Crippen LogP contribution in [0.2, 0.25) is 0 Å². The van der Waals surface area contributed by atoms with Gasteiger partial charge in [0.15, 0.2) is 0 Å². The summed E-state index contributed by atoms with van der Waals surface area (Å²) >= 11 is 0. The summed E-state index contributed by atoms with van der Waals surface area (Å²) in [6.07, 6.45) is 4.24. The molecule has 0 spiro atoms. The first-order valence-corrected chi connectivity index (χ1v) is 3.39. The maximum absolute atomic E-state index is 8.12. The summed E-state index contributed by atoms with van der Waals surface area (Å²) in [5.41, 5.74) is 0. The van der Waals surface area contributed by atoms with Crippen molar-refractivity contribution in [3.05, 3.63) is 36.7 Å². The van der Waals surface area contributed by atoms with Crippen molar-refractivity contribution in [3.63, 3.8) is 0 Å². The molecule has 3 nitrogen and oxygen atoms in total. The molecule has 0 amide bonds. The molecule has 0 atom stereocenters. The summed E-state index contributed by atoms with van der Waals surface area (Å²) in [5, 5.41) is 2.55. The second-order valence-electron chi connectivity index (χ2n) is 2.17. The highest BCUT2D eigenvalue weighted by Gasteiger charge is 1.86. The van der Waals surface area contributed by atoms with Gasteiger partial charge in [-0.3, -0.25) is 0 Å². The average molecular weight is 161 g/mol. The molecule has 0 radical (unpaired) electrons. The molecule has 0 saturated heterocycles. The number of fused-ring (bicyclic) bond motifs is 1. The van der Waals surface area contributed by atoms with Crippen LogP contribution in [0.3, 0.4) is 0 Å². The van der Waals surface area contributed by atoms with Crippen LogP contribution in [0.5, 0.6) is 0 Å². The molecule has 0 aliphatic carbocycles. The molecular formula is C9H7NO2. The number of carbonyl (C=O) groups excluding carboxylic acids is 2. The van der Waals surface area contributed by atoms with Crippen LogP contribution in [-0.2, 0) is 9.59 Å². The predicted molar refractivity (Wildman–Crippen MR) is 43.3 cm³/mol. The second-order valence-corrected chi connectivity index (χ2v) is 2.17. The van der Waals surface area contributed by atoms with Crippen molar-refractivity contribution in [2.45, 2.75) is 0 Å². The van der Waals surface area contributed by atoms with E-state index >= 15 is 0 Å². The lowest BCUT2D eigenvalue weighted by Crippen LogP contribution is -1.57. The van der Waals surface area contributed by atoms with Crippen molar-refractivity contribution in [1.82, 2.24) is 4.98 Å². The highest BCUT2D eigenvalue weighted by molar-refractivity contribution is 5.81. The number of aromatic amines is 1. The number of H-pyrrole nitrogens is 1. The van der Waals surface area contributed by atoms with E-state index in [1.807, 2.05) is 24.5 Å². The molecule has 0 aliphatic heterocycles. The van der Waals surface area contributed by atoms with E-state index in [-0.39, 0.29) is 6.15 Å². The number of rotatable bonds is 0. The molecule has 2 rings (SSSR count). The maximum atomic E-state index is 8.12. The van der Waals surface area contributed by atoms with Crippen LogP contribution in [0.4, 0.5) is 0 Å². The predicted octanol–water partition coefficient (Wildman–Crippen LogP) is 1.58. The topological polar surface area (TPSA) is 49.9 Å². The average Bonchev–Trinajstić information content (AvgIpc) is 2.52. The second kappa shape index (κ2) is 4.11. The summed E-state index contributed by atoms with van der Waals surface area (Å²) in [6, 6.07) is 8.25. The minimum absolute atomic E-state index is 0.250. The van der Waals surface area contributed by atoms with E-state index in [9.17, 15) is 0 Å². The molecule has 3 heteroatoms. The van der Waals surface area contributed by atoms with Gasteiger partial charge in [0.05, 0.1) is 0 Å². The zero-order chi connectivity index (χ0) is 8.81. The molecule has 0 bridgehead atoms. The van der Waals surface area contributed by atoms with Crippen molar-refractivity contribution >= 4 is 16.9 Å². The first-order valence-electron chi connectivity index (χ1n) is 3.39. The Labute approximate surface area is 69.0 Å². The Morgan fingerprint density at radius 3 is 1.83 bits per heavy atom. The zero-order valence-electron chi connectivity index (χ0n) is 6.28. The Morgan fingerprint density at radius 2 is 1.42 bits per heavy atom. The fourth-order valence-electron chi connectivity index (χ4n) is 0.995. The van der Waals surface area contributed by atoms with Gasteiger partial charge in [-0.25, -0.2) is 0 Å². The molecule has 2 aromatic rings. The summed E-state index contributed by atoms with van der Waals surface area (Å²) in [5.74, 6) is 0. The van der Waals surface area contributed by atoms with Gasteiger partial charge in [-0.1, -0.05) is 24.3 Å². The van der Waals surface area contributed by atoms with E-state index in [4.69, 9.17) is 9.59 Å². The third-order valence-corrected chi connectivity index (χ3v) is 1.47. The van der Waals surface area contributed by atoms with Gasteiger partial charge in [0.2, 0.25) is 0 Å². The van der Waals surface area contributed by atoms with Crippen molar-refractivity contribution in [2.24, 2.45) is 0 Å². The molecule has 0 fully saturated rings. The Hall–Kier alpha value is -1.86. The maximum Gasteiger partial charge on any atom is 0.373 e.